The minimum absolute atomic E-state index is 0.830. The SMILES string of the molecule is COc1ccc(/N=C(\C)c2cccc(/C(C)=N/c3ccc(C)cc3)c2)cc1. The molecule has 0 N–H and O–H groups in total. The summed E-state index contributed by atoms with van der Waals surface area (Å²) in [6, 6.07) is 24.3. The van der Waals surface area contributed by atoms with E-state index in [1.807, 2.05) is 56.3 Å². The highest BCUT2D eigenvalue weighted by atomic mass is 16.5. The lowest BCUT2D eigenvalue weighted by atomic mass is 10.0. The minimum atomic E-state index is 0.830. The fourth-order valence-corrected chi connectivity index (χ4v) is 2.76. The topological polar surface area (TPSA) is 34.0 Å². The Balaban J connectivity index is 1.85. The quantitative estimate of drug-likeness (QED) is 0.495. The van der Waals surface area contributed by atoms with Crippen LogP contribution in [0.5, 0.6) is 5.75 Å². The van der Waals surface area contributed by atoms with Gasteiger partial charge in [-0.3, -0.25) is 9.98 Å². The number of ether oxygens (including phenoxy) is 1. The van der Waals surface area contributed by atoms with E-state index in [1.54, 1.807) is 7.11 Å². The van der Waals surface area contributed by atoms with Crippen molar-refractivity contribution in [2.45, 2.75) is 20.8 Å². The van der Waals surface area contributed by atoms with Gasteiger partial charge in [-0.1, -0.05) is 35.9 Å². The van der Waals surface area contributed by atoms with E-state index in [0.717, 1.165) is 39.7 Å². The Kier molecular flexibility index (Phi) is 5.82. The molecule has 136 valence electrons. The van der Waals surface area contributed by atoms with Crippen LogP contribution in [0, 0.1) is 6.92 Å². The van der Waals surface area contributed by atoms with Crippen molar-refractivity contribution in [3.05, 3.63) is 89.5 Å². The number of aryl methyl sites for hydroxylation is 1. The van der Waals surface area contributed by atoms with Crippen molar-refractivity contribution < 1.29 is 4.74 Å². The summed E-state index contributed by atoms with van der Waals surface area (Å²) in [4.78, 5) is 9.46. The van der Waals surface area contributed by atoms with Crippen LogP contribution in [0.2, 0.25) is 0 Å². The highest BCUT2D eigenvalue weighted by Gasteiger charge is 2.03. The first-order valence-electron chi connectivity index (χ1n) is 8.97. The third-order valence-electron chi connectivity index (χ3n) is 4.40. The second kappa shape index (κ2) is 8.45. The zero-order valence-electron chi connectivity index (χ0n) is 16.2. The Labute approximate surface area is 161 Å². The molecule has 0 bridgehead atoms. The summed E-state index contributed by atoms with van der Waals surface area (Å²) in [6.45, 7) is 6.14. The molecule has 0 unspecified atom stereocenters. The van der Waals surface area contributed by atoms with Gasteiger partial charge in [-0.15, -0.1) is 0 Å². The van der Waals surface area contributed by atoms with E-state index in [-0.39, 0.29) is 0 Å². The number of methoxy groups -OCH3 is 1. The number of nitrogens with zero attached hydrogens (tertiary/aromatic N) is 2. The molecule has 27 heavy (non-hydrogen) atoms. The number of hydrogen-bond donors (Lipinski definition) is 0. The fraction of sp³-hybridized carbons (Fsp3) is 0.167. The molecule has 3 heteroatoms. The van der Waals surface area contributed by atoms with E-state index >= 15 is 0 Å². The van der Waals surface area contributed by atoms with E-state index < -0.39 is 0 Å². The summed E-state index contributed by atoms with van der Waals surface area (Å²) < 4.78 is 5.19. The number of rotatable bonds is 5. The van der Waals surface area contributed by atoms with E-state index in [2.05, 4.69) is 37.3 Å². The molecule has 3 nitrogen and oxygen atoms in total. The molecular weight excluding hydrogens is 332 g/mol. The Morgan fingerprint density at radius 3 is 1.67 bits per heavy atom. The van der Waals surface area contributed by atoms with Gasteiger partial charge in [0.15, 0.2) is 0 Å². The van der Waals surface area contributed by atoms with Gasteiger partial charge in [-0.2, -0.15) is 0 Å². The molecule has 0 atom stereocenters. The molecule has 0 spiro atoms. The van der Waals surface area contributed by atoms with Gasteiger partial charge < -0.3 is 4.74 Å². The summed E-state index contributed by atoms with van der Waals surface area (Å²) in [5.74, 6) is 0.830. The molecule has 3 rings (SSSR count). The van der Waals surface area contributed by atoms with Crippen LogP contribution in [0.25, 0.3) is 0 Å². The molecule has 0 aliphatic carbocycles. The highest BCUT2D eigenvalue weighted by molar-refractivity contribution is 6.05. The maximum absolute atomic E-state index is 5.19. The van der Waals surface area contributed by atoms with Gasteiger partial charge in [-0.25, -0.2) is 0 Å². The highest BCUT2D eigenvalue weighted by Crippen LogP contribution is 2.20. The molecule has 3 aromatic carbocycles. The largest absolute Gasteiger partial charge is 0.497 e. The monoisotopic (exact) mass is 356 g/mol. The average molecular weight is 356 g/mol. The minimum Gasteiger partial charge on any atom is -0.497 e. The Hall–Kier alpha value is -3.20. The van der Waals surface area contributed by atoms with Gasteiger partial charge in [0.25, 0.3) is 0 Å². The Morgan fingerprint density at radius 1 is 0.704 bits per heavy atom. The second-order valence-corrected chi connectivity index (χ2v) is 6.51. The van der Waals surface area contributed by atoms with E-state index in [9.17, 15) is 0 Å². The molecule has 0 saturated heterocycles. The normalized spacial score (nSPS) is 12.1. The van der Waals surface area contributed by atoms with Crippen LogP contribution < -0.4 is 4.74 Å². The third-order valence-corrected chi connectivity index (χ3v) is 4.40. The first-order chi connectivity index (χ1) is 13.0. The Bertz CT molecular complexity index is 968. The molecule has 0 heterocycles. The number of benzene rings is 3. The lowest BCUT2D eigenvalue weighted by molar-refractivity contribution is 0.415. The van der Waals surface area contributed by atoms with E-state index in [4.69, 9.17) is 14.7 Å². The molecule has 3 aromatic rings. The predicted molar refractivity (Wildman–Crippen MR) is 114 cm³/mol. The van der Waals surface area contributed by atoms with Crippen molar-refractivity contribution in [1.82, 2.24) is 0 Å². The van der Waals surface area contributed by atoms with Crippen LogP contribution in [0.4, 0.5) is 11.4 Å². The zero-order chi connectivity index (χ0) is 19.2. The van der Waals surface area contributed by atoms with E-state index in [1.165, 1.54) is 5.56 Å². The number of hydrogen-bond acceptors (Lipinski definition) is 3. The third kappa shape index (κ3) is 4.91. The predicted octanol–water partition coefficient (Wildman–Crippen LogP) is 6.29. The number of aliphatic imine (C=N–C) groups is 2. The van der Waals surface area contributed by atoms with Crippen LogP contribution in [0.3, 0.4) is 0 Å². The van der Waals surface area contributed by atoms with Crippen molar-refractivity contribution in [3.8, 4) is 5.75 Å². The molecule has 0 aromatic heterocycles. The van der Waals surface area contributed by atoms with Gasteiger partial charge >= 0.3 is 0 Å². The maximum atomic E-state index is 5.19. The van der Waals surface area contributed by atoms with Crippen molar-refractivity contribution in [1.29, 1.82) is 0 Å². The van der Waals surface area contributed by atoms with E-state index in [0.29, 0.717) is 0 Å². The fourth-order valence-electron chi connectivity index (χ4n) is 2.76. The van der Waals surface area contributed by atoms with Gasteiger partial charge in [0.2, 0.25) is 0 Å². The van der Waals surface area contributed by atoms with Gasteiger partial charge in [0.1, 0.15) is 5.75 Å². The van der Waals surface area contributed by atoms with Crippen LogP contribution >= 0.6 is 0 Å². The standard InChI is InChI=1S/C24H24N2O/c1-17-8-10-22(11-9-17)25-18(2)20-6-5-7-21(16-20)19(3)26-23-12-14-24(27-4)15-13-23/h5-16H,1-4H3/b25-18+,26-19+. The lowest BCUT2D eigenvalue weighted by Gasteiger charge is -2.06. The van der Waals surface area contributed by atoms with Crippen LogP contribution in [-0.2, 0) is 0 Å². The molecule has 0 radical (unpaired) electrons. The maximum Gasteiger partial charge on any atom is 0.119 e. The van der Waals surface area contributed by atoms with Crippen LogP contribution in [-0.4, -0.2) is 18.5 Å². The second-order valence-electron chi connectivity index (χ2n) is 6.51. The molecule has 0 amide bonds. The van der Waals surface area contributed by atoms with Gasteiger partial charge in [-0.05, 0) is 74.4 Å². The zero-order valence-corrected chi connectivity index (χ0v) is 16.2. The van der Waals surface area contributed by atoms with Gasteiger partial charge in [0, 0.05) is 11.4 Å². The summed E-state index contributed by atoms with van der Waals surface area (Å²) in [7, 11) is 1.66. The van der Waals surface area contributed by atoms with Gasteiger partial charge in [0.05, 0.1) is 18.5 Å². The average Bonchev–Trinajstić information content (AvgIpc) is 2.70. The van der Waals surface area contributed by atoms with Crippen molar-refractivity contribution >= 4 is 22.8 Å². The molecule has 0 aliphatic rings. The summed E-state index contributed by atoms with van der Waals surface area (Å²) in [6.07, 6.45) is 0. The molecule has 0 fully saturated rings. The first-order valence-corrected chi connectivity index (χ1v) is 8.97. The van der Waals surface area contributed by atoms with Crippen LogP contribution in [0.15, 0.2) is 82.8 Å². The van der Waals surface area contributed by atoms with Crippen molar-refractivity contribution in [2.75, 3.05) is 7.11 Å². The van der Waals surface area contributed by atoms with Crippen molar-refractivity contribution in [3.63, 3.8) is 0 Å². The molecule has 0 aliphatic heterocycles. The summed E-state index contributed by atoms with van der Waals surface area (Å²) >= 11 is 0. The van der Waals surface area contributed by atoms with Crippen molar-refractivity contribution in [2.24, 2.45) is 9.98 Å². The molecule has 0 saturated carbocycles. The smallest absolute Gasteiger partial charge is 0.119 e. The molecular formula is C24H24N2O. The Morgan fingerprint density at radius 2 is 1.19 bits per heavy atom. The summed E-state index contributed by atoms with van der Waals surface area (Å²) in [5, 5.41) is 0. The van der Waals surface area contributed by atoms with Crippen LogP contribution in [0.1, 0.15) is 30.5 Å². The first kappa shape index (κ1) is 18.6. The lowest BCUT2D eigenvalue weighted by Crippen LogP contribution is -1.99. The summed E-state index contributed by atoms with van der Waals surface area (Å²) in [5.41, 5.74) is 7.23.